The van der Waals surface area contributed by atoms with Crippen LogP contribution >= 0.6 is 0 Å². The molecule has 0 aliphatic rings. The maximum atomic E-state index is 12.1. The monoisotopic (exact) mass is 296 g/mol. The van der Waals surface area contributed by atoms with Crippen molar-refractivity contribution in [3.63, 3.8) is 0 Å². The highest BCUT2D eigenvalue weighted by Crippen LogP contribution is 2.10. The molecule has 3 nitrogen and oxygen atoms in total. The molecule has 0 fully saturated rings. The second-order valence-corrected chi connectivity index (χ2v) is 5.68. The molecule has 3 heteroatoms. The molecule has 1 N–H and O–H groups in total. The fraction of sp³-hybridized carbons (Fsp3) is 0.316. The first-order chi connectivity index (χ1) is 10.6. The van der Waals surface area contributed by atoms with Gasteiger partial charge in [0.15, 0.2) is 0 Å². The molecule has 116 valence electrons. The minimum absolute atomic E-state index is 0.0620. The van der Waals surface area contributed by atoms with E-state index in [1.807, 2.05) is 60.5 Å². The van der Waals surface area contributed by atoms with Crippen molar-refractivity contribution in [2.75, 3.05) is 18.5 Å². The summed E-state index contributed by atoms with van der Waals surface area (Å²) in [7, 11) is 1.93. The van der Waals surface area contributed by atoms with E-state index < -0.39 is 0 Å². The van der Waals surface area contributed by atoms with E-state index in [4.69, 9.17) is 0 Å². The first-order valence-electron chi connectivity index (χ1n) is 7.74. The molecule has 0 aliphatic carbocycles. The second kappa shape index (κ2) is 8.23. The third-order valence-electron chi connectivity index (χ3n) is 3.69. The minimum Gasteiger partial charge on any atom is -0.365 e. The zero-order chi connectivity index (χ0) is 15.8. The highest BCUT2D eigenvalue weighted by atomic mass is 16.2. The van der Waals surface area contributed by atoms with Gasteiger partial charge in [0.25, 0.3) is 0 Å². The van der Waals surface area contributed by atoms with Gasteiger partial charge in [-0.05, 0) is 37.5 Å². The summed E-state index contributed by atoms with van der Waals surface area (Å²) in [6.07, 6.45) is 1.93. The molecule has 1 atom stereocenters. The maximum absolute atomic E-state index is 12.1. The van der Waals surface area contributed by atoms with Crippen LogP contribution in [0, 0.1) is 0 Å². The normalized spacial score (nSPS) is 11.7. The van der Waals surface area contributed by atoms with Crippen LogP contribution in [0.1, 0.15) is 18.9 Å². The van der Waals surface area contributed by atoms with Gasteiger partial charge in [-0.3, -0.25) is 4.79 Å². The number of nitrogens with zero attached hydrogens (tertiary/aromatic N) is 1. The van der Waals surface area contributed by atoms with E-state index in [0.29, 0.717) is 6.54 Å². The van der Waals surface area contributed by atoms with E-state index >= 15 is 0 Å². The number of carbonyl (C=O) groups excluding carboxylic acids is 1. The van der Waals surface area contributed by atoms with Gasteiger partial charge in [0.1, 0.15) is 0 Å². The molecule has 22 heavy (non-hydrogen) atoms. The number of hydrogen-bond acceptors (Lipinski definition) is 2. The van der Waals surface area contributed by atoms with Crippen LogP contribution in [-0.4, -0.2) is 25.5 Å². The topological polar surface area (TPSA) is 32.3 Å². The Morgan fingerprint density at radius 1 is 1.05 bits per heavy atom. The molecular formula is C19H24N2O. The van der Waals surface area contributed by atoms with E-state index in [0.717, 1.165) is 18.5 Å². The Labute approximate surface area is 133 Å². The summed E-state index contributed by atoms with van der Waals surface area (Å²) in [5.41, 5.74) is 2.36. The van der Waals surface area contributed by atoms with Gasteiger partial charge in [-0.1, -0.05) is 48.5 Å². The predicted molar refractivity (Wildman–Crippen MR) is 92.1 cm³/mol. The zero-order valence-corrected chi connectivity index (χ0v) is 13.3. The Morgan fingerprint density at radius 3 is 2.27 bits per heavy atom. The van der Waals surface area contributed by atoms with Crippen LogP contribution in [0.15, 0.2) is 60.7 Å². The molecule has 1 amide bonds. The number of hydrogen-bond donors (Lipinski definition) is 1. The van der Waals surface area contributed by atoms with Gasteiger partial charge in [0, 0.05) is 18.8 Å². The average Bonchev–Trinajstić information content (AvgIpc) is 2.54. The van der Waals surface area contributed by atoms with Gasteiger partial charge in [-0.15, -0.1) is 0 Å². The van der Waals surface area contributed by atoms with Crippen LogP contribution in [0.2, 0.25) is 0 Å². The second-order valence-electron chi connectivity index (χ2n) is 5.68. The summed E-state index contributed by atoms with van der Waals surface area (Å²) < 4.78 is 0. The molecule has 0 radical (unpaired) electrons. The number of benzene rings is 2. The standard InChI is InChI=1S/C19H24N2O/c1-16(13-14-17-9-5-3-6-10-17)20-19(22)15-21(2)18-11-7-4-8-12-18/h3-12,16H,13-15H2,1-2H3,(H,20,22). The van der Waals surface area contributed by atoms with E-state index in [1.54, 1.807) is 0 Å². The fourth-order valence-electron chi connectivity index (χ4n) is 2.41. The predicted octanol–water partition coefficient (Wildman–Crippen LogP) is 3.26. The number of amides is 1. The minimum atomic E-state index is 0.0620. The first kappa shape index (κ1) is 16.1. The molecule has 2 rings (SSSR count). The van der Waals surface area contributed by atoms with Crippen molar-refractivity contribution in [2.45, 2.75) is 25.8 Å². The molecule has 0 bridgehead atoms. The van der Waals surface area contributed by atoms with Gasteiger partial charge >= 0.3 is 0 Å². The van der Waals surface area contributed by atoms with Crippen molar-refractivity contribution in [1.82, 2.24) is 5.32 Å². The van der Waals surface area contributed by atoms with Gasteiger partial charge in [-0.25, -0.2) is 0 Å². The average molecular weight is 296 g/mol. The molecule has 1 unspecified atom stereocenters. The molecule has 0 aliphatic heterocycles. The van der Waals surface area contributed by atoms with Crippen LogP contribution in [-0.2, 0) is 11.2 Å². The van der Waals surface area contributed by atoms with Gasteiger partial charge < -0.3 is 10.2 Å². The fourth-order valence-corrected chi connectivity index (χ4v) is 2.41. The smallest absolute Gasteiger partial charge is 0.239 e. The molecule has 0 spiro atoms. The van der Waals surface area contributed by atoms with Crippen LogP contribution in [0.3, 0.4) is 0 Å². The summed E-state index contributed by atoms with van der Waals surface area (Å²) in [6, 6.07) is 20.5. The van der Waals surface area contributed by atoms with E-state index in [9.17, 15) is 4.79 Å². The summed E-state index contributed by atoms with van der Waals surface area (Å²) in [4.78, 5) is 14.1. The first-order valence-corrected chi connectivity index (χ1v) is 7.74. The Kier molecular flexibility index (Phi) is 6.01. The Hall–Kier alpha value is -2.29. The van der Waals surface area contributed by atoms with Gasteiger partial charge in [-0.2, -0.15) is 0 Å². The van der Waals surface area contributed by atoms with E-state index in [2.05, 4.69) is 24.4 Å². The molecule has 0 heterocycles. The molecule has 0 saturated heterocycles. The van der Waals surface area contributed by atoms with Crippen molar-refractivity contribution >= 4 is 11.6 Å². The number of aryl methyl sites for hydroxylation is 1. The summed E-state index contributed by atoms with van der Waals surface area (Å²) in [6.45, 7) is 2.43. The van der Waals surface area contributed by atoms with Crippen LogP contribution in [0.25, 0.3) is 0 Å². The molecular weight excluding hydrogens is 272 g/mol. The zero-order valence-electron chi connectivity index (χ0n) is 13.3. The molecule has 2 aromatic rings. The van der Waals surface area contributed by atoms with Gasteiger partial charge in [0.2, 0.25) is 5.91 Å². The van der Waals surface area contributed by atoms with Crippen LogP contribution < -0.4 is 10.2 Å². The Balaban J connectivity index is 1.74. The van der Waals surface area contributed by atoms with Gasteiger partial charge in [0.05, 0.1) is 6.54 Å². The maximum Gasteiger partial charge on any atom is 0.239 e. The number of carbonyl (C=O) groups is 1. The third-order valence-corrected chi connectivity index (χ3v) is 3.69. The van der Waals surface area contributed by atoms with E-state index in [-0.39, 0.29) is 11.9 Å². The number of rotatable bonds is 7. The van der Waals surface area contributed by atoms with Crippen LogP contribution in [0.5, 0.6) is 0 Å². The lowest BCUT2D eigenvalue weighted by molar-refractivity contribution is -0.120. The Bertz CT molecular complexity index is 569. The van der Waals surface area contributed by atoms with Crippen molar-refractivity contribution < 1.29 is 4.79 Å². The highest BCUT2D eigenvalue weighted by Gasteiger charge is 2.10. The Morgan fingerprint density at radius 2 is 1.64 bits per heavy atom. The highest BCUT2D eigenvalue weighted by molar-refractivity contribution is 5.81. The molecule has 0 aromatic heterocycles. The number of nitrogens with one attached hydrogen (secondary N) is 1. The summed E-state index contributed by atoms with van der Waals surface area (Å²) in [5, 5.41) is 3.07. The lowest BCUT2D eigenvalue weighted by Crippen LogP contribution is -2.40. The largest absolute Gasteiger partial charge is 0.365 e. The van der Waals surface area contributed by atoms with Crippen molar-refractivity contribution in [3.05, 3.63) is 66.2 Å². The number of anilines is 1. The summed E-state index contributed by atoms with van der Waals surface area (Å²) >= 11 is 0. The third kappa shape index (κ3) is 5.24. The summed E-state index contributed by atoms with van der Waals surface area (Å²) in [5.74, 6) is 0.0620. The molecule has 2 aromatic carbocycles. The van der Waals surface area contributed by atoms with Crippen molar-refractivity contribution in [1.29, 1.82) is 0 Å². The number of para-hydroxylation sites is 1. The number of likely N-dealkylation sites (N-methyl/N-ethyl adjacent to an activating group) is 1. The quantitative estimate of drug-likeness (QED) is 0.850. The van der Waals surface area contributed by atoms with E-state index in [1.165, 1.54) is 5.56 Å². The van der Waals surface area contributed by atoms with Crippen molar-refractivity contribution in [2.24, 2.45) is 0 Å². The van der Waals surface area contributed by atoms with Crippen molar-refractivity contribution in [3.8, 4) is 0 Å². The molecule has 0 saturated carbocycles. The SMILES string of the molecule is CC(CCc1ccccc1)NC(=O)CN(C)c1ccccc1. The lowest BCUT2D eigenvalue weighted by atomic mass is 10.1. The van der Waals surface area contributed by atoms with Crippen LogP contribution in [0.4, 0.5) is 5.69 Å². The lowest BCUT2D eigenvalue weighted by Gasteiger charge is -2.20.